The van der Waals surface area contributed by atoms with E-state index in [9.17, 15) is 9.59 Å². The van der Waals surface area contributed by atoms with Crippen molar-refractivity contribution < 1.29 is 23.8 Å². The summed E-state index contributed by atoms with van der Waals surface area (Å²) in [6.07, 6.45) is 1.21. The van der Waals surface area contributed by atoms with Crippen molar-refractivity contribution in [1.29, 1.82) is 0 Å². The first-order chi connectivity index (χ1) is 15.6. The largest absolute Gasteiger partial charge is 0.486 e. The van der Waals surface area contributed by atoms with Crippen molar-refractivity contribution in [2.75, 3.05) is 38.3 Å². The number of likely N-dealkylation sites (tertiary alicyclic amines) is 1. The molecule has 1 amide bonds. The predicted octanol–water partition coefficient (Wildman–Crippen LogP) is 3.28. The second-order valence-corrected chi connectivity index (χ2v) is 8.24. The van der Waals surface area contributed by atoms with E-state index in [1.165, 1.54) is 7.11 Å². The number of hydrogen-bond donors (Lipinski definition) is 0. The van der Waals surface area contributed by atoms with Gasteiger partial charge in [0.05, 0.1) is 7.11 Å². The molecule has 2 aliphatic heterocycles. The van der Waals surface area contributed by atoms with Crippen molar-refractivity contribution in [3.8, 4) is 11.5 Å². The number of benzene rings is 2. The third kappa shape index (κ3) is 4.30. The van der Waals surface area contributed by atoms with E-state index in [-0.39, 0.29) is 18.0 Å². The minimum atomic E-state index is -1.02. The van der Waals surface area contributed by atoms with E-state index in [0.29, 0.717) is 45.5 Å². The third-order valence-electron chi connectivity index (χ3n) is 6.27. The number of piperidine rings is 1. The maximum absolute atomic E-state index is 13.1. The first-order valence-corrected chi connectivity index (χ1v) is 11.1. The number of ether oxygens (including phenoxy) is 3. The number of nitrogens with zero attached hydrogens (tertiary/aromatic N) is 2. The number of para-hydroxylation sites is 3. The summed E-state index contributed by atoms with van der Waals surface area (Å²) in [6.45, 7) is 4.29. The summed E-state index contributed by atoms with van der Waals surface area (Å²) < 4.78 is 17.2. The van der Waals surface area contributed by atoms with Crippen LogP contribution >= 0.6 is 0 Å². The number of esters is 1. The lowest BCUT2D eigenvalue weighted by atomic mass is 9.84. The Bertz CT molecular complexity index is 940. The van der Waals surface area contributed by atoms with Gasteiger partial charge in [-0.05, 0) is 37.1 Å². The van der Waals surface area contributed by atoms with Gasteiger partial charge in [0.25, 0.3) is 0 Å². The van der Waals surface area contributed by atoms with Crippen LogP contribution in [-0.4, -0.2) is 61.8 Å². The van der Waals surface area contributed by atoms with Crippen LogP contribution in [0.3, 0.4) is 0 Å². The van der Waals surface area contributed by atoms with Gasteiger partial charge in [-0.15, -0.1) is 0 Å². The fourth-order valence-corrected chi connectivity index (χ4v) is 4.62. The van der Waals surface area contributed by atoms with Gasteiger partial charge >= 0.3 is 5.97 Å². The maximum atomic E-state index is 13.1. The molecule has 0 bridgehead atoms. The first kappa shape index (κ1) is 22.1. The van der Waals surface area contributed by atoms with Crippen LogP contribution in [0.1, 0.15) is 26.2 Å². The summed E-state index contributed by atoms with van der Waals surface area (Å²) in [5.74, 6) is 1.07. The summed E-state index contributed by atoms with van der Waals surface area (Å²) in [7, 11) is 1.39. The molecule has 4 rings (SSSR count). The van der Waals surface area contributed by atoms with Crippen LogP contribution in [0.25, 0.3) is 0 Å². The molecule has 0 saturated carbocycles. The SMILES string of the molecule is CCC(=O)N(c1ccccc1)C1(C(=O)OC)CCN(CC2COc3ccccc3O2)CC1. The second-order valence-electron chi connectivity index (χ2n) is 8.24. The fraction of sp³-hybridized carbons (Fsp3) is 0.440. The number of fused-ring (bicyclic) bond motifs is 1. The molecule has 1 atom stereocenters. The van der Waals surface area contributed by atoms with Gasteiger partial charge in [0.15, 0.2) is 11.5 Å². The van der Waals surface area contributed by atoms with Gasteiger partial charge in [-0.3, -0.25) is 14.6 Å². The fourth-order valence-electron chi connectivity index (χ4n) is 4.62. The van der Waals surface area contributed by atoms with Crippen LogP contribution in [0.5, 0.6) is 11.5 Å². The van der Waals surface area contributed by atoms with Crippen LogP contribution in [0.15, 0.2) is 54.6 Å². The average Bonchev–Trinajstić information content (AvgIpc) is 2.85. The van der Waals surface area contributed by atoms with Crippen LogP contribution < -0.4 is 14.4 Å². The van der Waals surface area contributed by atoms with Crippen molar-refractivity contribution in [1.82, 2.24) is 4.90 Å². The lowest BCUT2D eigenvalue weighted by molar-refractivity contribution is -0.151. The minimum Gasteiger partial charge on any atom is -0.486 e. The van der Waals surface area contributed by atoms with E-state index >= 15 is 0 Å². The molecule has 0 N–H and O–H groups in total. The Labute approximate surface area is 188 Å². The maximum Gasteiger partial charge on any atom is 0.332 e. The zero-order valence-corrected chi connectivity index (χ0v) is 18.7. The topological polar surface area (TPSA) is 68.3 Å². The van der Waals surface area contributed by atoms with Crippen LogP contribution in [0.2, 0.25) is 0 Å². The molecule has 1 unspecified atom stereocenters. The van der Waals surface area contributed by atoms with Gasteiger partial charge in [0.1, 0.15) is 18.2 Å². The first-order valence-electron chi connectivity index (χ1n) is 11.1. The van der Waals surface area contributed by atoms with Crippen molar-refractivity contribution >= 4 is 17.6 Å². The summed E-state index contributed by atoms with van der Waals surface area (Å²) in [5, 5.41) is 0. The molecule has 0 aliphatic carbocycles. The zero-order valence-electron chi connectivity index (χ0n) is 18.7. The lowest BCUT2D eigenvalue weighted by Crippen LogP contribution is -2.63. The Morgan fingerprint density at radius 1 is 1.06 bits per heavy atom. The van der Waals surface area contributed by atoms with E-state index in [0.717, 1.165) is 17.2 Å². The summed E-state index contributed by atoms with van der Waals surface area (Å²) in [4.78, 5) is 30.0. The molecule has 1 saturated heterocycles. The number of carbonyl (C=O) groups excluding carboxylic acids is 2. The monoisotopic (exact) mass is 438 g/mol. The molecule has 0 aromatic heterocycles. The highest BCUT2D eigenvalue weighted by atomic mass is 16.6. The molecule has 2 aromatic rings. The molecule has 7 nitrogen and oxygen atoms in total. The highest BCUT2D eigenvalue weighted by Crippen LogP contribution is 2.36. The van der Waals surface area contributed by atoms with E-state index in [2.05, 4.69) is 4.90 Å². The Hall–Kier alpha value is -3.06. The molecular formula is C25H30N2O5. The number of amides is 1. The van der Waals surface area contributed by atoms with E-state index in [1.807, 2.05) is 61.5 Å². The molecular weight excluding hydrogens is 408 g/mol. The van der Waals surface area contributed by atoms with Crippen molar-refractivity contribution in [2.45, 2.75) is 37.8 Å². The Morgan fingerprint density at radius 2 is 1.72 bits per heavy atom. The van der Waals surface area contributed by atoms with E-state index in [4.69, 9.17) is 14.2 Å². The van der Waals surface area contributed by atoms with Crippen LogP contribution in [0.4, 0.5) is 5.69 Å². The Morgan fingerprint density at radius 3 is 2.38 bits per heavy atom. The Balaban J connectivity index is 1.50. The van der Waals surface area contributed by atoms with Crippen molar-refractivity contribution in [3.05, 3.63) is 54.6 Å². The molecule has 32 heavy (non-hydrogen) atoms. The van der Waals surface area contributed by atoms with Gasteiger partial charge in [0.2, 0.25) is 5.91 Å². The number of carbonyl (C=O) groups is 2. The third-order valence-corrected chi connectivity index (χ3v) is 6.27. The molecule has 0 spiro atoms. The molecule has 2 aliphatic rings. The highest BCUT2D eigenvalue weighted by Gasteiger charge is 2.50. The average molecular weight is 439 g/mol. The number of hydrogen-bond acceptors (Lipinski definition) is 6. The predicted molar refractivity (Wildman–Crippen MR) is 121 cm³/mol. The molecule has 2 heterocycles. The van der Waals surface area contributed by atoms with Gasteiger partial charge < -0.3 is 14.2 Å². The molecule has 0 radical (unpaired) electrons. The number of anilines is 1. The minimum absolute atomic E-state index is 0.0852. The number of methoxy groups -OCH3 is 1. The standard InChI is InChI=1S/C25H30N2O5/c1-3-23(28)27(19-9-5-4-6-10-19)25(24(29)30-2)13-15-26(16-14-25)17-20-18-31-21-11-7-8-12-22(21)32-20/h4-12,20H,3,13-18H2,1-2H3. The van der Waals surface area contributed by atoms with Gasteiger partial charge in [0, 0.05) is 31.7 Å². The molecule has 7 heteroatoms. The van der Waals surface area contributed by atoms with E-state index < -0.39 is 5.54 Å². The van der Waals surface area contributed by atoms with Gasteiger partial charge in [-0.1, -0.05) is 37.3 Å². The second kappa shape index (κ2) is 9.61. The smallest absolute Gasteiger partial charge is 0.332 e. The zero-order chi connectivity index (χ0) is 22.6. The summed E-state index contributed by atoms with van der Waals surface area (Å²) in [5.41, 5.74) is -0.297. The Kier molecular flexibility index (Phi) is 6.65. The molecule has 2 aromatic carbocycles. The van der Waals surface area contributed by atoms with Crippen LogP contribution in [0, 0.1) is 0 Å². The summed E-state index contributed by atoms with van der Waals surface area (Å²) >= 11 is 0. The normalized spacial score (nSPS) is 19.8. The summed E-state index contributed by atoms with van der Waals surface area (Å²) in [6, 6.07) is 17.1. The van der Waals surface area contributed by atoms with Crippen LogP contribution in [-0.2, 0) is 14.3 Å². The van der Waals surface area contributed by atoms with Gasteiger partial charge in [-0.2, -0.15) is 0 Å². The molecule has 170 valence electrons. The number of rotatable bonds is 6. The molecule has 1 fully saturated rings. The van der Waals surface area contributed by atoms with Crippen molar-refractivity contribution in [2.24, 2.45) is 0 Å². The van der Waals surface area contributed by atoms with Gasteiger partial charge in [-0.25, -0.2) is 4.79 Å². The quantitative estimate of drug-likeness (QED) is 0.645. The lowest BCUT2D eigenvalue weighted by Gasteiger charge is -2.47. The van der Waals surface area contributed by atoms with E-state index in [1.54, 1.807) is 4.90 Å². The highest BCUT2D eigenvalue weighted by molar-refractivity contribution is 6.02. The van der Waals surface area contributed by atoms with Crippen molar-refractivity contribution in [3.63, 3.8) is 0 Å².